The van der Waals surface area contributed by atoms with Gasteiger partial charge in [0.05, 0.1) is 28.0 Å². The summed E-state index contributed by atoms with van der Waals surface area (Å²) in [6.07, 6.45) is 2.78. The van der Waals surface area contributed by atoms with Crippen molar-refractivity contribution in [3.05, 3.63) is 34.4 Å². The van der Waals surface area contributed by atoms with Crippen molar-refractivity contribution in [1.82, 2.24) is 9.78 Å². The molecule has 0 spiro atoms. The van der Waals surface area contributed by atoms with Crippen LogP contribution in [0.1, 0.15) is 0 Å². The lowest BCUT2D eigenvalue weighted by Gasteiger charge is -2.01. The maximum atomic E-state index is 11.1. The molecule has 0 aliphatic carbocycles. The van der Waals surface area contributed by atoms with Crippen molar-refractivity contribution in [2.75, 3.05) is 17.7 Å². The van der Waals surface area contributed by atoms with E-state index >= 15 is 0 Å². The van der Waals surface area contributed by atoms with Crippen molar-refractivity contribution in [2.45, 2.75) is 6.54 Å². The van der Waals surface area contributed by atoms with Crippen molar-refractivity contribution in [2.24, 2.45) is 0 Å². The number of aromatic nitrogens is 2. The van der Waals surface area contributed by atoms with Crippen molar-refractivity contribution in [3.63, 3.8) is 0 Å². The van der Waals surface area contributed by atoms with Crippen molar-refractivity contribution < 1.29 is 8.42 Å². The Hall–Kier alpha value is -1.24. The molecule has 0 amide bonds. The highest BCUT2D eigenvalue weighted by Gasteiger charge is 2.11. The second kappa shape index (κ2) is 5.63. The van der Waals surface area contributed by atoms with E-state index in [0.717, 1.165) is 5.56 Å². The van der Waals surface area contributed by atoms with Gasteiger partial charge >= 0.3 is 0 Å². The molecule has 0 aliphatic rings. The number of nitrogens with two attached hydrogens (primary N) is 1. The Labute approximate surface area is 127 Å². The Morgan fingerprint density at radius 3 is 2.60 bits per heavy atom. The van der Waals surface area contributed by atoms with Crippen LogP contribution in [0.15, 0.2) is 24.4 Å². The molecule has 8 heteroatoms. The average Bonchev–Trinajstić information content (AvgIpc) is 2.71. The topological polar surface area (TPSA) is 78.0 Å². The summed E-state index contributed by atoms with van der Waals surface area (Å²) in [7, 11) is -3.04. The summed E-state index contributed by atoms with van der Waals surface area (Å²) < 4.78 is 23.8. The molecule has 0 unspecified atom stereocenters. The summed E-state index contributed by atoms with van der Waals surface area (Å²) in [5.74, 6) is 0.00886. The molecule has 0 radical (unpaired) electrons. The molecule has 108 valence electrons. The van der Waals surface area contributed by atoms with Crippen molar-refractivity contribution in [1.29, 1.82) is 0 Å². The van der Waals surface area contributed by atoms with Crippen LogP contribution in [0.4, 0.5) is 5.69 Å². The Balaban J connectivity index is 2.29. The zero-order chi connectivity index (χ0) is 14.9. The number of benzene rings is 1. The number of nitrogens with zero attached hydrogens (tertiary/aromatic N) is 2. The summed E-state index contributed by atoms with van der Waals surface area (Å²) in [4.78, 5) is 0. The summed E-state index contributed by atoms with van der Waals surface area (Å²) in [6.45, 7) is 0.254. The molecule has 2 N–H and O–H groups in total. The zero-order valence-electron chi connectivity index (χ0n) is 10.7. The third kappa shape index (κ3) is 3.65. The summed E-state index contributed by atoms with van der Waals surface area (Å²) in [5.41, 5.74) is 7.63. The monoisotopic (exact) mass is 333 g/mol. The number of rotatable bonds is 4. The van der Waals surface area contributed by atoms with Gasteiger partial charge in [-0.15, -0.1) is 0 Å². The highest BCUT2D eigenvalue weighted by Crippen LogP contribution is 2.30. The predicted molar refractivity (Wildman–Crippen MR) is 81.8 cm³/mol. The standard InChI is InChI=1S/C12H13Cl2N3O2S/c1-20(18,19)5-4-17-7-11(15)12(16-17)8-2-3-9(13)10(14)6-8/h2-3,6-7H,4-5,15H2,1H3. The lowest BCUT2D eigenvalue weighted by Crippen LogP contribution is -2.11. The first-order valence-electron chi connectivity index (χ1n) is 5.72. The van der Waals surface area contributed by atoms with Gasteiger partial charge in [-0.05, 0) is 12.1 Å². The smallest absolute Gasteiger partial charge is 0.149 e. The SMILES string of the molecule is CS(=O)(=O)CCn1cc(N)c(-c2ccc(Cl)c(Cl)c2)n1. The number of nitrogen functional groups attached to an aromatic ring is 1. The fraction of sp³-hybridized carbons (Fsp3) is 0.250. The maximum absolute atomic E-state index is 11.1. The minimum Gasteiger partial charge on any atom is -0.396 e. The third-order valence-electron chi connectivity index (χ3n) is 2.67. The highest BCUT2D eigenvalue weighted by molar-refractivity contribution is 7.90. The van der Waals surface area contributed by atoms with Gasteiger partial charge in [0.15, 0.2) is 0 Å². The number of hydrogen-bond acceptors (Lipinski definition) is 4. The van der Waals surface area contributed by atoms with Crippen LogP contribution in [0.25, 0.3) is 11.3 Å². The van der Waals surface area contributed by atoms with E-state index in [9.17, 15) is 8.42 Å². The minimum absolute atomic E-state index is 0.00886. The van der Waals surface area contributed by atoms with Crippen molar-refractivity contribution in [3.8, 4) is 11.3 Å². The van der Waals surface area contributed by atoms with E-state index in [4.69, 9.17) is 28.9 Å². The van der Waals surface area contributed by atoms with Gasteiger partial charge in [-0.25, -0.2) is 8.42 Å². The molecule has 1 aromatic heterocycles. The molecule has 1 heterocycles. The van der Waals surface area contributed by atoms with Gasteiger partial charge in [0.25, 0.3) is 0 Å². The maximum Gasteiger partial charge on any atom is 0.149 e. The molecule has 0 fully saturated rings. The Morgan fingerprint density at radius 1 is 1.30 bits per heavy atom. The Morgan fingerprint density at radius 2 is 2.00 bits per heavy atom. The van der Waals surface area contributed by atoms with Crippen LogP contribution in [0, 0.1) is 0 Å². The van der Waals surface area contributed by atoms with E-state index in [1.54, 1.807) is 24.4 Å². The third-order valence-corrected chi connectivity index (χ3v) is 4.34. The van der Waals surface area contributed by atoms with Crippen LogP contribution < -0.4 is 5.73 Å². The summed E-state index contributed by atoms with van der Waals surface area (Å²) >= 11 is 11.8. The van der Waals surface area contributed by atoms with E-state index in [0.29, 0.717) is 21.4 Å². The summed E-state index contributed by atoms with van der Waals surface area (Å²) in [6, 6.07) is 5.09. The first kappa shape index (κ1) is 15.2. The first-order valence-corrected chi connectivity index (χ1v) is 8.54. The lowest BCUT2D eigenvalue weighted by atomic mass is 10.1. The molecule has 0 atom stereocenters. The minimum atomic E-state index is -3.04. The van der Waals surface area contributed by atoms with E-state index < -0.39 is 9.84 Å². The molecule has 5 nitrogen and oxygen atoms in total. The van der Waals surface area contributed by atoms with Crippen molar-refractivity contribution >= 4 is 38.7 Å². The molecule has 0 bridgehead atoms. The second-order valence-electron chi connectivity index (χ2n) is 4.45. The molecular formula is C12H13Cl2N3O2S. The van der Waals surface area contributed by atoms with Crippen LogP contribution in [0.2, 0.25) is 10.0 Å². The fourth-order valence-corrected chi connectivity index (χ4v) is 2.50. The van der Waals surface area contributed by atoms with Crippen LogP contribution in [-0.2, 0) is 16.4 Å². The van der Waals surface area contributed by atoms with Crippen LogP contribution in [0.5, 0.6) is 0 Å². The normalized spacial score (nSPS) is 11.8. The number of hydrogen-bond donors (Lipinski definition) is 1. The number of anilines is 1. The van der Waals surface area contributed by atoms with Gasteiger partial charge in [0.1, 0.15) is 15.5 Å². The van der Waals surface area contributed by atoms with Gasteiger partial charge in [-0.2, -0.15) is 5.10 Å². The van der Waals surface area contributed by atoms with Gasteiger partial charge in [0, 0.05) is 18.0 Å². The molecule has 20 heavy (non-hydrogen) atoms. The molecule has 0 aliphatic heterocycles. The average molecular weight is 334 g/mol. The molecule has 1 aromatic carbocycles. The van der Waals surface area contributed by atoms with E-state index in [2.05, 4.69) is 5.10 Å². The van der Waals surface area contributed by atoms with Gasteiger partial charge < -0.3 is 5.73 Å². The van der Waals surface area contributed by atoms with Crippen LogP contribution in [-0.4, -0.2) is 30.2 Å². The molecule has 0 saturated heterocycles. The zero-order valence-corrected chi connectivity index (χ0v) is 13.0. The Kier molecular flexibility index (Phi) is 4.27. The fourth-order valence-electron chi connectivity index (χ4n) is 1.68. The summed E-state index contributed by atoms with van der Waals surface area (Å²) in [5, 5.41) is 5.14. The Bertz CT molecular complexity index is 741. The van der Waals surface area contributed by atoms with Crippen LogP contribution >= 0.6 is 23.2 Å². The molecule has 0 saturated carbocycles. The second-order valence-corrected chi connectivity index (χ2v) is 7.53. The van der Waals surface area contributed by atoms with E-state index in [1.165, 1.54) is 10.9 Å². The number of halogens is 2. The number of sulfone groups is 1. The largest absolute Gasteiger partial charge is 0.396 e. The van der Waals surface area contributed by atoms with Gasteiger partial charge in [-0.1, -0.05) is 29.3 Å². The van der Waals surface area contributed by atoms with E-state index in [-0.39, 0.29) is 12.3 Å². The van der Waals surface area contributed by atoms with Gasteiger partial charge in [-0.3, -0.25) is 4.68 Å². The predicted octanol–water partition coefficient (Wildman–Crippen LogP) is 2.48. The highest BCUT2D eigenvalue weighted by atomic mass is 35.5. The van der Waals surface area contributed by atoms with Crippen LogP contribution in [0.3, 0.4) is 0 Å². The first-order chi connectivity index (χ1) is 9.26. The molecule has 2 aromatic rings. The quantitative estimate of drug-likeness (QED) is 0.932. The van der Waals surface area contributed by atoms with E-state index in [1.807, 2.05) is 0 Å². The molecule has 2 rings (SSSR count). The lowest BCUT2D eigenvalue weighted by molar-refractivity contribution is 0.586. The number of aryl methyl sites for hydroxylation is 1. The molecular weight excluding hydrogens is 321 g/mol. The van der Waals surface area contributed by atoms with Gasteiger partial charge in [0.2, 0.25) is 0 Å².